The average Bonchev–Trinajstić information content (AvgIpc) is 2.94. The van der Waals surface area contributed by atoms with Crippen LogP contribution < -0.4 is 15.4 Å². The van der Waals surface area contributed by atoms with E-state index in [0.29, 0.717) is 30.4 Å². The van der Waals surface area contributed by atoms with Crippen LogP contribution in [-0.4, -0.2) is 47.4 Å². The Bertz CT molecular complexity index is 1140. The first kappa shape index (κ1) is 34.6. The molecule has 0 spiro atoms. The molecule has 2 unspecified atom stereocenters. The molecule has 43 heavy (non-hydrogen) atoms. The summed E-state index contributed by atoms with van der Waals surface area (Å²) in [5.74, 6) is 1.62. The smallest absolute Gasteiger partial charge is 0.243 e. The van der Waals surface area contributed by atoms with Crippen molar-refractivity contribution >= 4 is 11.8 Å². The fraction of sp³-hybridized carbons (Fsp3) is 0.622. The molecule has 238 valence electrons. The van der Waals surface area contributed by atoms with Crippen LogP contribution in [0.3, 0.4) is 0 Å². The maximum absolute atomic E-state index is 14.0. The second kappa shape index (κ2) is 15.2. The Labute approximate surface area is 261 Å². The molecule has 2 aromatic rings. The van der Waals surface area contributed by atoms with Crippen LogP contribution >= 0.6 is 0 Å². The molecule has 2 aromatic carbocycles. The Kier molecular flexibility index (Phi) is 12.3. The van der Waals surface area contributed by atoms with E-state index >= 15 is 0 Å². The molecule has 3 rings (SSSR count). The van der Waals surface area contributed by atoms with Gasteiger partial charge in [0.1, 0.15) is 18.4 Å². The molecule has 1 saturated carbocycles. The van der Waals surface area contributed by atoms with Gasteiger partial charge >= 0.3 is 0 Å². The molecule has 0 bridgehead atoms. The summed E-state index contributed by atoms with van der Waals surface area (Å²) in [6.07, 6.45) is 5.75. The van der Waals surface area contributed by atoms with Crippen LogP contribution in [0.4, 0.5) is 0 Å². The van der Waals surface area contributed by atoms with Crippen LogP contribution in [0.5, 0.6) is 5.75 Å². The second-order valence-corrected chi connectivity index (χ2v) is 15.1. The highest BCUT2D eigenvalue weighted by molar-refractivity contribution is 5.90. The molecule has 0 radical (unpaired) electrons. The lowest BCUT2D eigenvalue weighted by molar-refractivity contribution is -0.133. The van der Waals surface area contributed by atoms with Crippen LogP contribution in [-0.2, 0) is 22.6 Å². The molecule has 0 saturated heterocycles. The Balaban J connectivity index is 1.72. The quantitative estimate of drug-likeness (QED) is 0.275. The number of nitrogens with zero attached hydrogens (tertiary/aromatic N) is 1. The van der Waals surface area contributed by atoms with Gasteiger partial charge in [-0.15, -0.1) is 0 Å². The minimum absolute atomic E-state index is 0.0639. The number of likely N-dealkylation sites (N-methyl/N-ethyl adjacent to an activating group) is 1. The number of hydrogen-bond acceptors (Lipinski definition) is 4. The van der Waals surface area contributed by atoms with Gasteiger partial charge in [-0.3, -0.25) is 14.5 Å². The summed E-state index contributed by atoms with van der Waals surface area (Å²) in [5.41, 5.74) is 1.99. The van der Waals surface area contributed by atoms with E-state index in [2.05, 4.69) is 57.2 Å². The van der Waals surface area contributed by atoms with E-state index in [1.165, 1.54) is 12.8 Å². The predicted molar refractivity (Wildman–Crippen MR) is 177 cm³/mol. The summed E-state index contributed by atoms with van der Waals surface area (Å²) in [6.45, 7) is 17.7. The standard InChI is InChI=1S/C37H57N3O3/c1-26(2)23-33(40(9)30-19-17-29(18-20-30)36(3,4)5)35(42)38-32(34(41)39-37(6,7)8)24-27-15-21-31(22-16-27)43-25-28-13-11-10-12-14-28/h10-16,21-22,26,29-30,32-33H,17-20,23-25H2,1-9H3,(H,38,42)(H,39,41). The zero-order valence-electron chi connectivity index (χ0n) is 28.2. The van der Waals surface area contributed by atoms with Crippen molar-refractivity contribution in [2.75, 3.05) is 7.05 Å². The topological polar surface area (TPSA) is 70.7 Å². The zero-order chi connectivity index (χ0) is 31.8. The number of rotatable bonds is 12. The van der Waals surface area contributed by atoms with Crippen molar-refractivity contribution in [3.05, 3.63) is 65.7 Å². The van der Waals surface area contributed by atoms with Crippen LogP contribution in [0.1, 0.15) is 98.6 Å². The van der Waals surface area contributed by atoms with Gasteiger partial charge in [-0.05, 0) is 100 Å². The Morgan fingerprint density at radius 2 is 1.47 bits per heavy atom. The van der Waals surface area contributed by atoms with Crippen molar-refractivity contribution in [2.45, 2.75) is 124 Å². The Hall–Kier alpha value is -2.86. The van der Waals surface area contributed by atoms with Gasteiger partial charge in [0, 0.05) is 18.0 Å². The van der Waals surface area contributed by atoms with Crippen molar-refractivity contribution in [3.8, 4) is 5.75 Å². The molecular formula is C37H57N3O3. The van der Waals surface area contributed by atoms with E-state index in [-0.39, 0.29) is 17.9 Å². The number of carbonyl (C=O) groups excluding carboxylic acids is 2. The summed E-state index contributed by atoms with van der Waals surface area (Å²) in [4.78, 5) is 29.8. The molecule has 0 aromatic heterocycles. The molecule has 6 nitrogen and oxygen atoms in total. The largest absolute Gasteiger partial charge is 0.489 e. The third-order valence-electron chi connectivity index (χ3n) is 8.73. The van der Waals surface area contributed by atoms with Gasteiger partial charge in [0.2, 0.25) is 11.8 Å². The molecule has 2 atom stereocenters. The van der Waals surface area contributed by atoms with Gasteiger partial charge < -0.3 is 15.4 Å². The monoisotopic (exact) mass is 591 g/mol. The number of carbonyl (C=O) groups is 2. The van der Waals surface area contributed by atoms with Crippen molar-refractivity contribution in [1.82, 2.24) is 15.5 Å². The van der Waals surface area contributed by atoms with Gasteiger partial charge in [0.25, 0.3) is 0 Å². The minimum atomic E-state index is -0.678. The third-order valence-corrected chi connectivity index (χ3v) is 8.73. The Morgan fingerprint density at radius 3 is 2.00 bits per heavy atom. The number of amides is 2. The fourth-order valence-corrected chi connectivity index (χ4v) is 6.14. The lowest BCUT2D eigenvalue weighted by Crippen LogP contribution is -2.57. The van der Waals surface area contributed by atoms with Gasteiger partial charge in [-0.1, -0.05) is 77.1 Å². The van der Waals surface area contributed by atoms with E-state index in [1.54, 1.807) is 0 Å². The van der Waals surface area contributed by atoms with Crippen LogP contribution in [0.25, 0.3) is 0 Å². The van der Waals surface area contributed by atoms with Gasteiger partial charge in [0.15, 0.2) is 0 Å². The summed E-state index contributed by atoms with van der Waals surface area (Å²) in [5, 5.41) is 6.28. The van der Waals surface area contributed by atoms with Crippen molar-refractivity contribution in [1.29, 1.82) is 0 Å². The van der Waals surface area contributed by atoms with Crippen molar-refractivity contribution in [2.24, 2.45) is 17.3 Å². The highest BCUT2D eigenvalue weighted by Gasteiger charge is 2.36. The summed E-state index contributed by atoms with van der Waals surface area (Å²) in [7, 11) is 2.10. The van der Waals surface area contributed by atoms with Crippen LogP contribution in [0, 0.1) is 17.3 Å². The predicted octanol–water partition coefficient (Wildman–Crippen LogP) is 7.16. The highest BCUT2D eigenvalue weighted by atomic mass is 16.5. The number of hydrogen-bond donors (Lipinski definition) is 2. The fourth-order valence-electron chi connectivity index (χ4n) is 6.14. The third kappa shape index (κ3) is 11.3. The molecular weight excluding hydrogens is 534 g/mol. The molecule has 0 aliphatic heterocycles. The molecule has 1 fully saturated rings. The maximum atomic E-state index is 14.0. The van der Waals surface area contributed by atoms with E-state index in [1.807, 2.05) is 75.4 Å². The Morgan fingerprint density at radius 1 is 0.860 bits per heavy atom. The molecule has 6 heteroatoms. The molecule has 2 amide bonds. The normalized spacial score (nSPS) is 19.1. The van der Waals surface area contributed by atoms with Crippen LogP contribution in [0.2, 0.25) is 0 Å². The lowest BCUT2D eigenvalue weighted by atomic mass is 9.71. The number of nitrogens with one attached hydrogen (secondary N) is 2. The van der Waals surface area contributed by atoms with Crippen molar-refractivity contribution < 1.29 is 14.3 Å². The van der Waals surface area contributed by atoms with Crippen LogP contribution in [0.15, 0.2) is 54.6 Å². The van der Waals surface area contributed by atoms with E-state index in [9.17, 15) is 9.59 Å². The van der Waals surface area contributed by atoms with Gasteiger partial charge in [-0.2, -0.15) is 0 Å². The average molecular weight is 592 g/mol. The first-order valence-corrected chi connectivity index (χ1v) is 16.2. The zero-order valence-corrected chi connectivity index (χ0v) is 28.2. The van der Waals surface area contributed by atoms with E-state index in [0.717, 1.165) is 42.1 Å². The maximum Gasteiger partial charge on any atom is 0.243 e. The molecule has 2 N–H and O–H groups in total. The highest BCUT2D eigenvalue weighted by Crippen LogP contribution is 2.39. The van der Waals surface area contributed by atoms with Gasteiger partial charge in [-0.25, -0.2) is 0 Å². The first-order chi connectivity index (χ1) is 20.1. The van der Waals surface area contributed by atoms with Gasteiger partial charge in [0.05, 0.1) is 6.04 Å². The van der Waals surface area contributed by atoms with E-state index < -0.39 is 11.6 Å². The van der Waals surface area contributed by atoms with Crippen molar-refractivity contribution in [3.63, 3.8) is 0 Å². The lowest BCUT2D eigenvalue weighted by Gasteiger charge is -2.42. The minimum Gasteiger partial charge on any atom is -0.489 e. The summed E-state index contributed by atoms with van der Waals surface area (Å²) >= 11 is 0. The summed E-state index contributed by atoms with van der Waals surface area (Å²) in [6, 6.07) is 17.3. The number of benzene rings is 2. The summed E-state index contributed by atoms with van der Waals surface area (Å²) < 4.78 is 5.95. The van der Waals surface area contributed by atoms with E-state index in [4.69, 9.17) is 4.74 Å². The first-order valence-electron chi connectivity index (χ1n) is 16.2. The molecule has 1 aliphatic carbocycles. The number of ether oxygens (including phenoxy) is 1. The second-order valence-electron chi connectivity index (χ2n) is 15.1. The molecule has 0 heterocycles. The SMILES string of the molecule is CC(C)CC(C(=O)NC(Cc1ccc(OCc2ccccc2)cc1)C(=O)NC(C)(C)C)N(C)C1CCC(C(C)(C)C)CC1. The molecule has 1 aliphatic rings.